The van der Waals surface area contributed by atoms with Gasteiger partial charge in [-0.05, 0) is 13.8 Å². The van der Waals surface area contributed by atoms with E-state index in [4.69, 9.17) is 9.84 Å². The Balaban J connectivity index is 2.59. The molecule has 19 heavy (non-hydrogen) atoms. The summed E-state index contributed by atoms with van der Waals surface area (Å²) in [5, 5.41) is 11.6. The van der Waals surface area contributed by atoms with Gasteiger partial charge in [-0.25, -0.2) is 9.78 Å². The molecular formula is C12H19N3O4. The number of carboxylic acids is 1. The number of H-pyrrole nitrogens is 1. The molecule has 0 fully saturated rings. The fraction of sp³-hybridized carbons (Fsp3) is 0.583. The normalized spacial score (nSPS) is 13.0. The molecule has 0 aromatic carbocycles. The van der Waals surface area contributed by atoms with E-state index < -0.39 is 17.6 Å². The number of methoxy groups -OCH3 is 1. The quantitative estimate of drug-likeness (QED) is 0.662. The highest BCUT2D eigenvalue weighted by Gasteiger charge is 2.26. The zero-order valence-electron chi connectivity index (χ0n) is 11.3. The van der Waals surface area contributed by atoms with Crippen molar-refractivity contribution in [1.82, 2.24) is 15.3 Å². The van der Waals surface area contributed by atoms with Crippen molar-refractivity contribution in [2.75, 3.05) is 7.11 Å². The number of carboxylic acid groups (broad SMARTS) is 1. The Labute approximate surface area is 111 Å². The van der Waals surface area contributed by atoms with Crippen molar-refractivity contribution in [1.29, 1.82) is 0 Å². The summed E-state index contributed by atoms with van der Waals surface area (Å²) in [7, 11) is 1.51. The third-order valence-corrected chi connectivity index (χ3v) is 2.75. The van der Waals surface area contributed by atoms with E-state index in [1.165, 1.54) is 19.6 Å². The van der Waals surface area contributed by atoms with Crippen LogP contribution in [0.1, 0.15) is 26.0 Å². The Morgan fingerprint density at radius 2 is 2.26 bits per heavy atom. The summed E-state index contributed by atoms with van der Waals surface area (Å²) in [6.45, 7) is 3.52. The maximum Gasteiger partial charge on any atom is 0.326 e. The summed E-state index contributed by atoms with van der Waals surface area (Å²) in [6.07, 6.45) is 3.25. The van der Waals surface area contributed by atoms with Crippen LogP contribution < -0.4 is 5.32 Å². The zero-order chi connectivity index (χ0) is 14.5. The fourth-order valence-corrected chi connectivity index (χ4v) is 1.52. The number of aromatic amines is 1. The highest BCUT2D eigenvalue weighted by Crippen LogP contribution is 2.12. The number of carbonyl (C=O) groups is 2. The summed E-state index contributed by atoms with van der Waals surface area (Å²) < 4.78 is 5.13. The highest BCUT2D eigenvalue weighted by atomic mass is 16.5. The van der Waals surface area contributed by atoms with E-state index in [-0.39, 0.29) is 18.7 Å². The monoisotopic (exact) mass is 269 g/mol. The van der Waals surface area contributed by atoms with Crippen LogP contribution in [0.4, 0.5) is 0 Å². The average Bonchev–Trinajstić information content (AvgIpc) is 2.80. The topological polar surface area (TPSA) is 104 Å². The van der Waals surface area contributed by atoms with Gasteiger partial charge < -0.3 is 20.1 Å². The summed E-state index contributed by atoms with van der Waals surface area (Å²) in [4.78, 5) is 29.5. The number of nitrogens with one attached hydrogen (secondary N) is 2. The first-order valence-electron chi connectivity index (χ1n) is 5.88. The molecule has 7 heteroatoms. The molecule has 0 saturated heterocycles. The molecule has 1 atom stereocenters. The van der Waals surface area contributed by atoms with Gasteiger partial charge in [0.25, 0.3) is 0 Å². The molecule has 106 valence electrons. The Morgan fingerprint density at radius 3 is 2.74 bits per heavy atom. The van der Waals surface area contributed by atoms with Crippen molar-refractivity contribution in [3.8, 4) is 0 Å². The van der Waals surface area contributed by atoms with Gasteiger partial charge in [-0.2, -0.15) is 0 Å². The van der Waals surface area contributed by atoms with Crippen molar-refractivity contribution < 1.29 is 19.4 Å². The van der Waals surface area contributed by atoms with Gasteiger partial charge in [-0.1, -0.05) is 0 Å². The lowest BCUT2D eigenvalue weighted by Crippen LogP contribution is -2.44. The smallest absolute Gasteiger partial charge is 0.326 e. The molecule has 1 aromatic heterocycles. The molecule has 1 unspecified atom stereocenters. The molecule has 0 spiro atoms. The second-order valence-electron chi connectivity index (χ2n) is 4.88. The Hall–Kier alpha value is -1.89. The molecule has 0 saturated carbocycles. The molecule has 1 amide bonds. The van der Waals surface area contributed by atoms with E-state index in [1.54, 1.807) is 13.8 Å². The molecule has 1 rings (SSSR count). The maximum absolute atomic E-state index is 11.8. The zero-order valence-corrected chi connectivity index (χ0v) is 11.3. The predicted octanol–water partition coefficient (Wildman–Crippen LogP) is 0.337. The number of imidazole rings is 1. The SMILES string of the molecule is COC(C)(C)CC(=O)NC(Cc1cnc[nH]1)C(=O)O. The Morgan fingerprint density at radius 1 is 1.58 bits per heavy atom. The van der Waals surface area contributed by atoms with Gasteiger partial charge in [0.15, 0.2) is 0 Å². The number of nitrogens with zero attached hydrogens (tertiary/aromatic N) is 1. The van der Waals surface area contributed by atoms with Crippen LogP contribution in [0.2, 0.25) is 0 Å². The van der Waals surface area contributed by atoms with Crippen molar-refractivity contribution in [2.45, 2.75) is 38.3 Å². The number of carbonyl (C=O) groups excluding carboxylic acids is 1. The van der Waals surface area contributed by atoms with Crippen molar-refractivity contribution in [3.63, 3.8) is 0 Å². The van der Waals surface area contributed by atoms with Crippen LogP contribution >= 0.6 is 0 Å². The van der Waals surface area contributed by atoms with Gasteiger partial charge in [-0.15, -0.1) is 0 Å². The summed E-state index contributed by atoms with van der Waals surface area (Å²) in [5.41, 5.74) is 0.0277. The standard InChI is InChI=1S/C12H19N3O4/c1-12(2,19-3)5-10(16)15-9(11(17)18)4-8-6-13-7-14-8/h6-7,9H,4-5H2,1-3H3,(H,13,14)(H,15,16)(H,17,18). The third-order valence-electron chi connectivity index (χ3n) is 2.75. The summed E-state index contributed by atoms with van der Waals surface area (Å²) >= 11 is 0. The fourth-order valence-electron chi connectivity index (χ4n) is 1.52. The first-order valence-corrected chi connectivity index (χ1v) is 5.88. The first kappa shape index (κ1) is 15.2. The maximum atomic E-state index is 11.8. The minimum absolute atomic E-state index is 0.0935. The van der Waals surface area contributed by atoms with Crippen LogP contribution in [-0.4, -0.2) is 45.7 Å². The number of rotatable bonds is 7. The largest absolute Gasteiger partial charge is 0.480 e. The number of aliphatic carboxylic acids is 1. The van der Waals surface area contributed by atoms with E-state index in [0.717, 1.165) is 0 Å². The summed E-state index contributed by atoms with van der Waals surface area (Å²) in [5.74, 6) is -1.45. The minimum Gasteiger partial charge on any atom is -0.480 e. The number of aromatic nitrogens is 2. The second kappa shape index (κ2) is 6.33. The third kappa shape index (κ3) is 5.09. The molecular weight excluding hydrogens is 250 g/mol. The lowest BCUT2D eigenvalue weighted by molar-refractivity contribution is -0.142. The molecule has 0 bridgehead atoms. The van der Waals surface area contributed by atoms with Gasteiger partial charge >= 0.3 is 5.97 Å². The molecule has 0 aliphatic heterocycles. The molecule has 3 N–H and O–H groups in total. The van der Waals surface area contributed by atoms with Crippen LogP contribution in [-0.2, 0) is 20.7 Å². The first-order chi connectivity index (χ1) is 8.84. The van der Waals surface area contributed by atoms with Crippen LogP contribution in [0, 0.1) is 0 Å². The molecule has 0 aliphatic rings. The lowest BCUT2D eigenvalue weighted by Gasteiger charge is -2.23. The Bertz CT molecular complexity index is 428. The number of hydrogen-bond donors (Lipinski definition) is 3. The van der Waals surface area contributed by atoms with Crippen LogP contribution in [0.5, 0.6) is 0 Å². The van der Waals surface area contributed by atoms with Crippen molar-refractivity contribution in [2.24, 2.45) is 0 Å². The van der Waals surface area contributed by atoms with Crippen LogP contribution in [0.25, 0.3) is 0 Å². The van der Waals surface area contributed by atoms with Gasteiger partial charge in [-0.3, -0.25) is 4.79 Å². The highest BCUT2D eigenvalue weighted by molar-refractivity contribution is 5.84. The van der Waals surface area contributed by atoms with Crippen LogP contribution in [0.3, 0.4) is 0 Å². The number of ether oxygens (including phenoxy) is 1. The molecule has 0 radical (unpaired) electrons. The van der Waals surface area contributed by atoms with Gasteiger partial charge in [0.1, 0.15) is 6.04 Å². The molecule has 1 aromatic rings. The minimum atomic E-state index is -1.09. The molecule has 7 nitrogen and oxygen atoms in total. The van der Waals surface area contributed by atoms with E-state index in [9.17, 15) is 9.59 Å². The molecule has 1 heterocycles. The molecule has 0 aliphatic carbocycles. The predicted molar refractivity (Wildman–Crippen MR) is 67.6 cm³/mol. The van der Waals surface area contributed by atoms with E-state index in [0.29, 0.717) is 5.69 Å². The number of hydrogen-bond acceptors (Lipinski definition) is 4. The summed E-state index contributed by atoms with van der Waals surface area (Å²) in [6, 6.07) is -0.986. The Kier molecular flexibility index (Phi) is 5.05. The second-order valence-corrected chi connectivity index (χ2v) is 4.88. The van der Waals surface area contributed by atoms with Crippen molar-refractivity contribution >= 4 is 11.9 Å². The number of amides is 1. The van der Waals surface area contributed by atoms with E-state index >= 15 is 0 Å². The lowest BCUT2D eigenvalue weighted by atomic mass is 10.0. The van der Waals surface area contributed by atoms with Gasteiger partial charge in [0, 0.05) is 25.4 Å². The van der Waals surface area contributed by atoms with Crippen molar-refractivity contribution in [3.05, 3.63) is 18.2 Å². The van der Waals surface area contributed by atoms with Gasteiger partial charge in [0.05, 0.1) is 18.3 Å². The van der Waals surface area contributed by atoms with E-state index in [2.05, 4.69) is 15.3 Å². The van der Waals surface area contributed by atoms with E-state index in [1.807, 2.05) is 0 Å². The van der Waals surface area contributed by atoms with Gasteiger partial charge in [0.2, 0.25) is 5.91 Å². The average molecular weight is 269 g/mol. The van der Waals surface area contributed by atoms with Crippen LogP contribution in [0.15, 0.2) is 12.5 Å².